The van der Waals surface area contributed by atoms with Crippen molar-refractivity contribution >= 4 is 17.3 Å². The number of phenolic OH excluding ortho intramolecular Hbond substituents is 1. The van der Waals surface area contributed by atoms with Crippen molar-refractivity contribution in [1.29, 1.82) is 0 Å². The van der Waals surface area contributed by atoms with Gasteiger partial charge in [0, 0.05) is 17.5 Å². The van der Waals surface area contributed by atoms with Crippen molar-refractivity contribution in [2.24, 2.45) is 5.41 Å². The van der Waals surface area contributed by atoms with Crippen molar-refractivity contribution in [3.8, 4) is 5.75 Å². The van der Waals surface area contributed by atoms with Crippen LogP contribution in [-0.4, -0.2) is 15.9 Å². The number of nitro groups is 1. The SMILES string of the molecule is CC1(C(=O)Nc2cc([N+](=O)[O-])ccc2O)CCCC1. The number of rotatable bonds is 3. The minimum Gasteiger partial charge on any atom is -0.506 e. The molecule has 1 aromatic carbocycles. The molecule has 0 saturated heterocycles. The van der Waals surface area contributed by atoms with Crippen LogP contribution < -0.4 is 5.32 Å². The third-order valence-electron chi connectivity index (χ3n) is 3.69. The number of nitrogens with one attached hydrogen (secondary N) is 1. The predicted octanol–water partition coefficient (Wildman–Crippen LogP) is 2.82. The topological polar surface area (TPSA) is 92.5 Å². The summed E-state index contributed by atoms with van der Waals surface area (Å²) in [5, 5.41) is 22.9. The molecular weight excluding hydrogens is 248 g/mol. The lowest BCUT2D eigenvalue weighted by Crippen LogP contribution is -2.30. The van der Waals surface area contributed by atoms with Gasteiger partial charge in [-0.15, -0.1) is 0 Å². The van der Waals surface area contributed by atoms with Crippen LogP contribution in [-0.2, 0) is 4.79 Å². The standard InChI is InChI=1S/C13H16N2O4/c1-13(6-2-3-7-13)12(17)14-10-8-9(15(18)19)4-5-11(10)16/h4-5,8,16H,2-3,6-7H2,1H3,(H,14,17). The molecule has 0 unspecified atom stereocenters. The number of aromatic hydroxyl groups is 1. The van der Waals surface area contributed by atoms with Gasteiger partial charge in [-0.2, -0.15) is 0 Å². The zero-order chi connectivity index (χ0) is 14.0. The first kappa shape index (κ1) is 13.3. The van der Waals surface area contributed by atoms with E-state index in [2.05, 4.69) is 5.32 Å². The number of phenols is 1. The van der Waals surface area contributed by atoms with Crippen LogP contribution in [0, 0.1) is 15.5 Å². The summed E-state index contributed by atoms with van der Waals surface area (Å²) < 4.78 is 0. The van der Waals surface area contributed by atoms with Crippen LogP contribution >= 0.6 is 0 Å². The van der Waals surface area contributed by atoms with Crippen LogP contribution in [0.3, 0.4) is 0 Å². The molecule has 0 heterocycles. The molecule has 1 fully saturated rings. The van der Waals surface area contributed by atoms with E-state index in [9.17, 15) is 20.0 Å². The van der Waals surface area contributed by atoms with Crippen molar-refractivity contribution in [1.82, 2.24) is 0 Å². The molecule has 0 aliphatic heterocycles. The molecular formula is C13H16N2O4. The molecule has 2 N–H and O–H groups in total. The molecule has 6 heteroatoms. The fourth-order valence-corrected chi connectivity index (χ4v) is 2.39. The second-order valence-corrected chi connectivity index (χ2v) is 5.18. The molecule has 19 heavy (non-hydrogen) atoms. The van der Waals surface area contributed by atoms with Crippen LogP contribution in [0.15, 0.2) is 18.2 Å². The number of hydrogen-bond acceptors (Lipinski definition) is 4. The monoisotopic (exact) mass is 264 g/mol. The van der Waals surface area contributed by atoms with Gasteiger partial charge < -0.3 is 10.4 Å². The average Bonchev–Trinajstić information content (AvgIpc) is 2.80. The lowest BCUT2D eigenvalue weighted by molar-refractivity contribution is -0.384. The maximum Gasteiger partial charge on any atom is 0.271 e. The van der Waals surface area contributed by atoms with E-state index in [0.29, 0.717) is 0 Å². The van der Waals surface area contributed by atoms with Crippen molar-refractivity contribution < 1.29 is 14.8 Å². The highest BCUT2D eigenvalue weighted by Crippen LogP contribution is 2.39. The van der Waals surface area contributed by atoms with Crippen molar-refractivity contribution in [3.63, 3.8) is 0 Å². The molecule has 102 valence electrons. The summed E-state index contributed by atoms with van der Waals surface area (Å²) in [5.74, 6) is -0.360. The normalized spacial score (nSPS) is 17.1. The molecule has 0 atom stereocenters. The summed E-state index contributed by atoms with van der Waals surface area (Å²) in [5.41, 5.74) is -0.520. The summed E-state index contributed by atoms with van der Waals surface area (Å²) in [6.45, 7) is 1.88. The maximum absolute atomic E-state index is 12.2. The number of nitro benzene ring substituents is 1. The summed E-state index contributed by atoms with van der Waals surface area (Å²) in [4.78, 5) is 22.3. The lowest BCUT2D eigenvalue weighted by atomic mass is 9.88. The molecule has 6 nitrogen and oxygen atoms in total. The quantitative estimate of drug-likeness (QED) is 0.498. The number of carbonyl (C=O) groups excluding carboxylic acids is 1. The summed E-state index contributed by atoms with van der Waals surface area (Å²) in [6.07, 6.45) is 3.61. The number of hydrogen-bond donors (Lipinski definition) is 2. The highest BCUT2D eigenvalue weighted by atomic mass is 16.6. The lowest BCUT2D eigenvalue weighted by Gasteiger charge is -2.22. The van der Waals surface area contributed by atoms with Crippen LogP contribution in [0.25, 0.3) is 0 Å². The zero-order valence-electron chi connectivity index (χ0n) is 10.7. The molecule has 1 aliphatic rings. The highest BCUT2D eigenvalue weighted by molar-refractivity contribution is 5.96. The van der Waals surface area contributed by atoms with Gasteiger partial charge in [0.25, 0.3) is 5.69 Å². The number of carbonyl (C=O) groups is 1. The van der Waals surface area contributed by atoms with Crippen molar-refractivity contribution in [2.75, 3.05) is 5.32 Å². The Morgan fingerprint density at radius 2 is 2.05 bits per heavy atom. The van der Waals surface area contributed by atoms with Crippen LogP contribution in [0.5, 0.6) is 5.75 Å². The Balaban J connectivity index is 2.20. The van der Waals surface area contributed by atoms with E-state index in [1.807, 2.05) is 6.92 Å². The number of amides is 1. The molecule has 1 saturated carbocycles. The molecule has 1 amide bonds. The van der Waals surface area contributed by atoms with E-state index in [-0.39, 0.29) is 23.0 Å². The van der Waals surface area contributed by atoms with Gasteiger partial charge in [-0.3, -0.25) is 14.9 Å². The number of non-ortho nitro benzene ring substituents is 1. The summed E-state index contributed by atoms with van der Waals surface area (Å²) in [7, 11) is 0. The smallest absolute Gasteiger partial charge is 0.271 e. The maximum atomic E-state index is 12.2. The molecule has 0 bridgehead atoms. The number of nitrogens with zero attached hydrogens (tertiary/aromatic N) is 1. The van der Waals surface area contributed by atoms with Gasteiger partial charge in [0.2, 0.25) is 5.91 Å². The van der Waals surface area contributed by atoms with Crippen LogP contribution in [0.2, 0.25) is 0 Å². The van der Waals surface area contributed by atoms with Crippen LogP contribution in [0.1, 0.15) is 32.6 Å². The largest absolute Gasteiger partial charge is 0.506 e. The van der Waals surface area contributed by atoms with Gasteiger partial charge in [0.05, 0.1) is 10.6 Å². The van der Waals surface area contributed by atoms with E-state index in [0.717, 1.165) is 25.7 Å². The first-order chi connectivity index (χ1) is 8.92. The zero-order valence-corrected chi connectivity index (χ0v) is 10.7. The Hall–Kier alpha value is -2.11. The van der Waals surface area contributed by atoms with Gasteiger partial charge in [-0.25, -0.2) is 0 Å². The Labute approximate surface area is 110 Å². The Kier molecular flexibility index (Phi) is 3.42. The van der Waals surface area contributed by atoms with Crippen molar-refractivity contribution in [3.05, 3.63) is 28.3 Å². The Morgan fingerprint density at radius 3 is 2.63 bits per heavy atom. The van der Waals surface area contributed by atoms with Gasteiger partial charge >= 0.3 is 0 Å². The highest BCUT2D eigenvalue weighted by Gasteiger charge is 2.36. The Morgan fingerprint density at radius 1 is 1.42 bits per heavy atom. The van der Waals surface area contributed by atoms with Gasteiger partial charge in [-0.1, -0.05) is 19.8 Å². The first-order valence-electron chi connectivity index (χ1n) is 6.21. The third kappa shape index (κ3) is 2.67. The van der Waals surface area contributed by atoms with Gasteiger partial charge in [0.1, 0.15) is 5.75 Å². The minimum atomic E-state index is -0.563. The van der Waals surface area contributed by atoms with Gasteiger partial charge in [-0.05, 0) is 18.9 Å². The Bertz CT molecular complexity index is 521. The van der Waals surface area contributed by atoms with Gasteiger partial charge in [0.15, 0.2) is 0 Å². The van der Waals surface area contributed by atoms with Crippen LogP contribution in [0.4, 0.5) is 11.4 Å². The second-order valence-electron chi connectivity index (χ2n) is 5.18. The number of anilines is 1. The molecule has 0 aromatic heterocycles. The second kappa shape index (κ2) is 4.87. The van der Waals surface area contributed by atoms with Crippen molar-refractivity contribution in [2.45, 2.75) is 32.6 Å². The summed E-state index contributed by atoms with van der Waals surface area (Å²) in [6, 6.07) is 3.58. The molecule has 0 radical (unpaired) electrons. The molecule has 1 aromatic rings. The summed E-state index contributed by atoms with van der Waals surface area (Å²) >= 11 is 0. The van der Waals surface area contributed by atoms with E-state index in [1.165, 1.54) is 18.2 Å². The fourth-order valence-electron chi connectivity index (χ4n) is 2.39. The molecule has 0 spiro atoms. The molecule has 2 rings (SSSR count). The third-order valence-corrected chi connectivity index (χ3v) is 3.69. The van der Waals surface area contributed by atoms with E-state index < -0.39 is 10.3 Å². The predicted molar refractivity (Wildman–Crippen MR) is 70.0 cm³/mol. The van der Waals surface area contributed by atoms with E-state index in [4.69, 9.17) is 0 Å². The van der Waals surface area contributed by atoms with E-state index in [1.54, 1.807) is 0 Å². The average molecular weight is 264 g/mol. The van der Waals surface area contributed by atoms with E-state index >= 15 is 0 Å². The number of benzene rings is 1. The molecule has 1 aliphatic carbocycles. The first-order valence-corrected chi connectivity index (χ1v) is 6.21. The fraction of sp³-hybridized carbons (Fsp3) is 0.462. The minimum absolute atomic E-state index is 0.0901.